The second-order valence-electron chi connectivity index (χ2n) is 4.69. The zero-order valence-electron chi connectivity index (χ0n) is 10.7. The summed E-state index contributed by atoms with van der Waals surface area (Å²) in [4.78, 5) is 28.9. The normalized spacial score (nSPS) is 24.1. The molecule has 1 amide bonds. The fourth-order valence-corrected chi connectivity index (χ4v) is 2.93. The van der Waals surface area contributed by atoms with E-state index in [2.05, 4.69) is 10.3 Å². The summed E-state index contributed by atoms with van der Waals surface area (Å²) in [5.74, 6) is -1.07. The van der Waals surface area contributed by atoms with Crippen LogP contribution in [0, 0.1) is 0 Å². The van der Waals surface area contributed by atoms with Gasteiger partial charge in [0, 0.05) is 17.6 Å². The second kappa shape index (κ2) is 6.12. The zero-order chi connectivity index (χ0) is 13.8. The van der Waals surface area contributed by atoms with Gasteiger partial charge in [-0.3, -0.25) is 14.5 Å². The molecule has 2 rings (SSSR count). The van der Waals surface area contributed by atoms with Crippen molar-refractivity contribution in [3.8, 4) is 0 Å². The first-order valence-corrected chi connectivity index (χ1v) is 7.14. The molecule has 1 aromatic rings. The molecule has 19 heavy (non-hydrogen) atoms. The lowest BCUT2D eigenvalue weighted by Gasteiger charge is -2.37. The minimum absolute atomic E-state index is 0.0950. The number of carbonyl (C=O) groups is 2. The van der Waals surface area contributed by atoms with Crippen LogP contribution in [-0.4, -0.2) is 45.5 Å². The van der Waals surface area contributed by atoms with E-state index in [4.69, 9.17) is 0 Å². The van der Waals surface area contributed by atoms with Crippen LogP contribution in [0.5, 0.6) is 0 Å². The third-order valence-electron chi connectivity index (χ3n) is 3.36. The minimum Gasteiger partial charge on any atom is -0.480 e. The van der Waals surface area contributed by atoms with Crippen LogP contribution in [-0.2, 0) is 9.59 Å². The van der Waals surface area contributed by atoms with E-state index in [-0.39, 0.29) is 18.5 Å². The maximum atomic E-state index is 11.9. The Bertz CT molecular complexity index is 449. The van der Waals surface area contributed by atoms with Crippen molar-refractivity contribution in [2.24, 2.45) is 0 Å². The van der Waals surface area contributed by atoms with E-state index >= 15 is 0 Å². The molecule has 2 N–H and O–H groups in total. The molecule has 1 fully saturated rings. The predicted octanol–water partition coefficient (Wildman–Crippen LogP) is 1.41. The number of carbonyl (C=O) groups excluding carboxylic acids is 1. The number of likely N-dealkylation sites (tertiary alicyclic amines) is 1. The molecule has 2 heterocycles. The van der Waals surface area contributed by atoms with Gasteiger partial charge in [-0.25, -0.2) is 4.98 Å². The van der Waals surface area contributed by atoms with E-state index in [9.17, 15) is 14.7 Å². The fourth-order valence-electron chi connectivity index (χ4n) is 2.39. The van der Waals surface area contributed by atoms with Crippen molar-refractivity contribution in [1.29, 1.82) is 0 Å². The standard InChI is InChI=1S/C12H17N3O3S/c1-8-3-2-4-9(11(17)18)15(8)7-10(16)14-12-13-5-6-19-12/h5-6,8-9H,2-4,7H2,1H3,(H,17,18)(H,13,14,16)/t8-,9-/m1/s1. The number of aromatic nitrogens is 1. The maximum Gasteiger partial charge on any atom is 0.320 e. The van der Waals surface area contributed by atoms with Gasteiger partial charge in [-0.2, -0.15) is 0 Å². The van der Waals surface area contributed by atoms with Crippen molar-refractivity contribution in [3.63, 3.8) is 0 Å². The number of piperidine rings is 1. The summed E-state index contributed by atoms with van der Waals surface area (Å²) < 4.78 is 0. The smallest absolute Gasteiger partial charge is 0.320 e. The summed E-state index contributed by atoms with van der Waals surface area (Å²) in [7, 11) is 0. The van der Waals surface area contributed by atoms with Gasteiger partial charge in [0.1, 0.15) is 6.04 Å². The summed E-state index contributed by atoms with van der Waals surface area (Å²) in [6.07, 6.45) is 4.03. The van der Waals surface area contributed by atoms with Gasteiger partial charge in [-0.1, -0.05) is 0 Å². The van der Waals surface area contributed by atoms with Gasteiger partial charge < -0.3 is 10.4 Å². The van der Waals surface area contributed by atoms with Gasteiger partial charge in [0.25, 0.3) is 0 Å². The Labute approximate surface area is 115 Å². The molecule has 1 aromatic heterocycles. The molecule has 2 atom stereocenters. The third kappa shape index (κ3) is 3.51. The van der Waals surface area contributed by atoms with Gasteiger partial charge in [0.2, 0.25) is 5.91 Å². The molecule has 1 aliphatic rings. The molecule has 0 unspecified atom stereocenters. The van der Waals surface area contributed by atoms with Crippen molar-refractivity contribution in [1.82, 2.24) is 9.88 Å². The van der Waals surface area contributed by atoms with Gasteiger partial charge in [-0.05, 0) is 26.2 Å². The number of carboxylic acid groups (broad SMARTS) is 1. The Morgan fingerprint density at radius 1 is 1.58 bits per heavy atom. The highest BCUT2D eigenvalue weighted by molar-refractivity contribution is 7.13. The quantitative estimate of drug-likeness (QED) is 0.873. The van der Waals surface area contributed by atoms with Crippen molar-refractivity contribution < 1.29 is 14.7 Å². The van der Waals surface area contributed by atoms with Gasteiger partial charge in [0.15, 0.2) is 5.13 Å². The number of rotatable bonds is 4. The average molecular weight is 283 g/mol. The van der Waals surface area contributed by atoms with Crippen LogP contribution in [0.15, 0.2) is 11.6 Å². The number of hydrogen-bond acceptors (Lipinski definition) is 5. The molecule has 0 aromatic carbocycles. The molecule has 104 valence electrons. The summed E-state index contributed by atoms with van der Waals surface area (Å²) >= 11 is 1.34. The van der Waals surface area contributed by atoms with Crippen LogP contribution in [0.1, 0.15) is 26.2 Å². The van der Waals surface area contributed by atoms with Crippen LogP contribution in [0.4, 0.5) is 5.13 Å². The lowest BCUT2D eigenvalue weighted by Crippen LogP contribution is -2.52. The van der Waals surface area contributed by atoms with E-state index in [1.54, 1.807) is 16.5 Å². The number of hydrogen-bond donors (Lipinski definition) is 2. The van der Waals surface area contributed by atoms with Crippen molar-refractivity contribution in [3.05, 3.63) is 11.6 Å². The number of anilines is 1. The third-order valence-corrected chi connectivity index (χ3v) is 4.04. The fraction of sp³-hybridized carbons (Fsp3) is 0.583. The van der Waals surface area contributed by atoms with E-state index < -0.39 is 12.0 Å². The van der Waals surface area contributed by atoms with Gasteiger partial charge in [0.05, 0.1) is 6.54 Å². The number of nitrogens with one attached hydrogen (secondary N) is 1. The molecule has 0 bridgehead atoms. The lowest BCUT2D eigenvalue weighted by atomic mass is 9.96. The first-order valence-electron chi connectivity index (χ1n) is 6.26. The Kier molecular flexibility index (Phi) is 4.49. The number of thiazole rings is 1. The van der Waals surface area contributed by atoms with Crippen molar-refractivity contribution >= 4 is 28.3 Å². The monoisotopic (exact) mass is 283 g/mol. The van der Waals surface area contributed by atoms with Gasteiger partial charge in [-0.15, -0.1) is 11.3 Å². The van der Waals surface area contributed by atoms with Crippen LogP contribution in [0.25, 0.3) is 0 Å². The Balaban J connectivity index is 1.98. The van der Waals surface area contributed by atoms with Crippen molar-refractivity contribution in [2.75, 3.05) is 11.9 Å². The minimum atomic E-state index is -0.853. The first-order chi connectivity index (χ1) is 9.08. The van der Waals surface area contributed by atoms with Crippen LogP contribution >= 0.6 is 11.3 Å². The molecule has 1 aliphatic heterocycles. The highest BCUT2D eigenvalue weighted by Gasteiger charge is 2.33. The molecule has 0 aliphatic carbocycles. The number of aliphatic carboxylic acids is 1. The van der Waals surface area contributed by atoms with E-state index in [1.165, 1.54) is 11.3 Å². The molecule has 0 saturated carbocycles. The largest absolute Gasteiger partial charge is 0.480 e. The van der Waals surface area contributed by atoms with E-state index in [1.807, 2.05) is 6.92 Å². The maximum absolute atomic E-state index is 11.9. The predicted molar refractivity (Wildman–Crippen MR) is 72.2 cm³/mol. The summed E-state index contributed by atoms with van der Waals surface area (Å²) in [6, 6.07) is -0.456. The molecule has 0 spiro atoms. The molecule has 7 heteroatoms. The number of amides is 1. The molecular weight excluding hydrogens is 266 g/mol. The summed E-state index contributed by atoms with van der Waals surface area (Å²) in [5.41, 5.74) is 0. The summed E-state index contributed by atoms with van der Waals surface area (Å²) in [6.45, 7) is 2.06. The van der Waals surface area contributed by atoms with Crippen LogP contribution in [0.3, 0.4) is 0 Å². The Morgan fingerprint density at radius 3 is 3.00 bits per heavy atom. The van der Waals surface area contributed by atoms with Crippen LogP contribution in [0.2, 0.25) is 0 Å². The zero-order valence-corrected chi connectivity index (χ0v) is 11.5. The topological polar surface area (TPSA) is 82.5 Å². The highest BCUT2D eigenvalue weighted by atomic mass is 32.1. The SMILES string of the molecule is C[C@@H]1CCC[C@H](C(=O)O)N1CC(=O)Nc1nccs1. The van der Waals surface area contributed by atoms with Gasteiger partial charge >= 0.3 is 5.97 Å². The first kappa shape index (κ1) is 14.0. The molecular formula is C12H17N3O3S. The average Bonchev–Trinajstić information content (AvgIpc) is 2.84. The Hall–Kier alpha value is -1.47. The molecule has 1 saturated heterocycles. The second-order valence-corrected chi connectivity index (χ2v) is 5.59. The highest BCUT2D eigenvalue weighted by Crippen LogP contribution is 2.23. The Morgan fingerprint density at radius 2 is 2.37 bits per heavy atom. The van der Waals surface area contributed by atoms with E-state index in [0.717, 1.165) is 12.8 Å². The van der Waals surface area contributed by atoms with Crippen LogP contribution < -0.4 is 5.32 Å². The molecule has 0 radical (unpaired) electrons. The summed E-state index contributed by atoms with van der Waals surface area (Å²) in [5, 5.41) is 14.2. The number of nitrogens with zero attached hydrogens (tertiary/aromatic N) is 2. The molecule has 6 nitrogen and oxygen atoms in total. The van der Waals surface area contributed by atoms with Crippen molar-refractivity contribution in [2.45, 2.75) is 38.3 Å². The number of carboxylic acids is 1. The lowest BCUT2D eigenvalue weighted by molar-refractivity contribution is -0.146. The van der Waals surface area contributed by atoms with E-state index in [0.29, 0.717) is 11.6 Å².